The highest BCUT2D eigenvalue weighted by atomic mass is 19.1. The van der Waals surface area contributed by atoms with Crippen molar-refractivity contribution in [3.8, 4) is 5.75 Å². The minimum absolute atomic E-state index is 0.0630. The Morgan fingerprint density at radius 3 is 2.23 bits per heavy atom. The fourth-order valence-electron chi connectivity index (χ4n) is 3.50. The van der Waals surface area contributed by atoms with Crippen molar-refractivity contribution in [1.82, 2.24) is 0 Å². The van der Waals surface area contributed by atoms with Crippen LogP contribution in [-0.2, 0) is 4.74 Å². The number of benzene rings is 3. The Bertz CT molecular complexity index is 1260. The van der Waals surface area contributed by atoms with Crippen LogP contribution < -0.4 is 4.74 Å². The van der Waals surface area contributed by atoms with E-state index in [1.807, 2.05) is 0 Å². The van der Waals surface area contributed by atoms with Gasteiger partial charge in [0.15, 0.2) is 18.2 Å². The zero-order valence-electron chi connectivity index (χ0n) is 16.3. The monoisotopic (exact) mass is 418 g/mol. The van der Waals surface area contributed by atoms with Gasteiger partial charge in [0.1, 0.15) is 11.6 Å². The lowest BCUT2D eigenvalue weighted by Gasteiger charge is -2.19. The van der Waals surface area contributed by atoms with Gasteiger partial charge >= 0.3 is 5.97 Å². The second kappa shape index (κ2) is 7.95. The number of carbonyl (C=O) groups excluding carboxylic acids is 4. The highest BCUT2D eigenvalue weighted by Crippen LogP contribution is 2.30. The van der Waals surface area contributed by atoms with Gasteiger partial charge in [0.05, 0.1) is 18.2 Å². The summed E-state index contributed by atoms with van der Waals surface area (Å²) in [5.74, 6) is -2.98. The smallest absolute Gasteiger partial charge is 0.339 e. The molecule has 0 bridgehead atoms. The number of fused-ring (bicyclic) bond motifs is 2. The highest BCUT2D eigenvalue weighted by molar-refractivity contribution is 6.30. The normalized spacial score (nSPS) is 12.1. The molecule has 0 unspecified atom stereocenters. The fourth-order valence-corrected chi connectivity index (χ4v) is 3.50. The number of hydrogen-bond donors (Lipinski definition) is 0. The highest BCUT2D eigenvalue weighted by Gasteiger charge is 2.33. The molecule has 0 radical (unpaired) electrons. The van der Waals surface area contributed by atoms with Gasteiger partial charge in [-0.1, -0.05) is 36.4 Å². The van der Waals surface area contributed by atoms with Crippen molar-refractivity contribution in [2.75, 3.05) is 13.7 Å². The van der Waals surface area contributed by atoms with Crippen LogP contribution in [0.15, 0.2) is 60.7 Å². The van der Waals surface area contributed by atoms with Crippen LogP contribution >= 0.6 is 0 Å². The predicted molar refractivity (Wildman–Crippen MR) is 107 cm³/mol. The van der Waals surface area contributed by atoms with Crippen molar-refractivity contribution in [1.29, 1.82) is 0 Å². The summed E-state index contributed by atoms with van der Waals surface area (Å²) >= 11 is 0. The molecule has 0 atom stereocenters. The lowest BCUT2D eigenvalue weighted by Crippen LogP contribution is -2.25. The molecular formula is C24H15FO6. The summed E-state index contributed by atoms with van der Waals surface area (Å²) in [6, 6.07) is 14.0. The van der Waals surface area contributed by atoms with Crippen molar-refractivity contribution >= 4 is 23.3 Å². The van der Waals surface area contributed by atoms with E-state index in [-0.39, 0.29) is 44.9 Å². The average Bonchev–Trinajstić information content (AvgIpc) is 2.80. The van der Waals surface area contributed by atoms with E-state index in [2.05, 4.69) is 0 Å². The molecule has 6 nitrogen and oxygen atoms in total. The number of rotatable bonds is 5. The quantitative estimate of drug-likeness (QED) is 0.363. The van der Waals surface area contributed by atoms with Crippen LogP contribution in [0.2, 0.25) is 0 Å². The first-order chi connectivity index (χ1) is 14.9. The van der Waals surface area contributed by atoms with Gasteiger partial charge in [0.25, 0.3) is 0 Å². The number of halogens is 1. The molecule has 7 heteroatoms. The minimum atomic E-state index is -0.943. The number of ketones is 3. The molecule has 0 aliphatic heterocycles. The van der Waals surface area contributed by atoms with Gasteiger partial charge in [-0.05, 0) is 24.3 Å². The summed E-state index contributed by atoms with van der Waals surface area (Å²) < 4.78 is 23.6. The molecule has 0 aromatic heterocycles. The van der Waals surface area contributed by atoms with Gasteiger partial charge in [0.2, 0.25) is 5.78 Å². The Hall–Kier alpha value is -4.13. The average molecular weight is 418 g/mol. The first-order valence-corrected chi connectivity index (χ1v) is 9.27. The van der Waals surface area contributed by atoms with Crippen molar-refractivity contribution in [2.24, 2.45) is 0 Å². The molecule has 0 saturated carbocycles. The van der Waals surface area contributed by atoms with Gasteiger partial charge in [-0.15, -0.1) is 0 Å². The summed E-state index contributed by atoms with van der Waals surface area (Å²) in [4.78, 5) is 50.9. The topological polar surface area (TPSA) is 86.7 Å². The van der Waals surface area contributed by atoms with E-state index in [1.54, 1.807) is 18.2 Å². The third-order valence-corrected chi connectivity index (χ3v) is 4.97. The molecule has 0 spiro atoms. The Morgan fingerprint density at radius 1 is 0.839 bits per heavy atom. The summed E-state index contributed by atoms with van der Waals surface area (Å²) in [6.07, 6.45) is 0. The lowest BCUT2D eigenvalue weighted by atomic mass is 9.82. The Kier molecular flexibility index (Phi) is 5.17. The van der Waals surface area contributed by atoms with Crippen LogP contribution in [-0.4, -0.2) is 37.0 Å². The standard InChI is InChI=1S/C24H15FO6/c1-30-20-10-9-13(25)11-18(20)19(26)12-31-24(29)17-8-4-7-16-21(17)23(28)15-6-3-2-5-14(15)22(16)27/h2-11H,12H2,1H3. The summed E-state index contributed by atoms with van der Waals surface area (Å²) in [6.45, 7) is -0.693. The summed E-state index contributed by atoms with van der Waals surface area (Å²) in [5.41, 5.74) is 0.290. The van der Waals surface area contributed by atoms with E-state index in [4.69, 9.17) is 9.47 Å². The van der Waals surface area contributed by atoms with Gasteiger partial charge in [0, 0.05) is 22.3 Å². The van der Waals surface area contributed by atoms with Crippen LogP contribution in [0.3, 0.4) is 0 Å². The first-order valence-electron chi connectivity index (χ1n) is 9.27. The van der Waals surface area contributed by atoms with Gasteiger partial charge < -0.3 is 9.47 Å². The van der Waals surface area contributed by atoms with Gasteiger partial charge in [-0.2, -0.15) is 0 Å². The van der Waals surface area contributed by atoms with Crippen LogP contribution in [0.25, 0.3) is 0 Å². The number of methoxy groups -OCH3 is 1. The number of ether oxygens (including phenoxy) is 2. The molecule has 0 heterocycles. The molecule has 3 aromatic rings. The lowest BCUT2D eigenvalue weighted by molar-refractivity contribution is 0.0472. The van der Waals surface area contributed by atoms with E-state index in [9.17, 15) is 23.6 Å². The molecule has 4 rings (SSSR count). The van der Waals surface area contributed by atoms with E-state index in [0.29, 0.717) is 0 Å². The summed E-state index contributed by atoms with van der Waals surface area (Å²) in [5, 5.41) is 0. The molecule has 0 amide bonds. The molecule has 0 saturated heterocycles. The molecule has 1 aliphatic carbocycles. The van der Waals surface area contributed by atoms with Gasteiger partial charge in [-0.25, -0.2) is 9.18 Å². The molecular weight excluding hydrogens is 403 g/mol. The summed E-state index contributed by atoms with van der Waals surface area (Å²) in [7, 11) is 1.33. The fraction of sp³-hybridized carbons (Fsp3) is 0.0833. The number of Topliss-reactive ketones (excluding diaryl/α,β-unsaturated/α-hetero) is 1. The van der Waals surface area contributed by atoms with Gasteiger partial charge in [-0.3, -0.25) is 14.4 Å². The molecule has 3 aromatic carbocycles. The Morgan fingerprint density at radius 2 is 1.52 bits per heavy atom. The van der Waals surface area contributed by atoms with E-state index in [0.717, 1.165) is 12.1 Å². The van der Waals surface area contributed by atoms with E-state index >= 15 is 0 Å². The maximum Gasteiger partial charge on any atom is 0.339 e. The molecule has 1 aliphatic rings. The van der Waals surface area contributed by atoms with Crippen molar-refractivity contribution in [3.05, 3.63) is 99.9 Å². The molecule has 0 fully saturated rings. The Labute approximate surface area is 176 Å². The molecule has 0 N–H and O–H groups in total. The van der Waals surface area contributed by atoms with Crippen molar-refractivity contribution in [3.63, 3.8) is 0 Å². The largest absolute Gasteiger partial charge is 0.496 e. The van der Waals surface area contributed by atoms with Crippen molar-refractivity contribution < 1.29 is 33.0 Å². The maximum atomic E-state index is 13.5. The second-order valence-electron chi connectivity index (χ2n) is 6.78. The van der Waals surface area contributed by atoms with Crippen LogP contribution in [0.5, 0.6) is 5.75 Å². The zero-order chi connectivity index (χ0) is 22.1. The molecule has 31 heavy (non-hydrogen) atoms. The van der Waals surface area contributed by atoms with Crippen LogP contribution in [0.1, 0.15) is 52.6 Å². The maximum absolute atomic E-state index is 13.5. The van der Waals surface area contributed by atoms with Crippen LogP contribution in [0, 0.1) is 5.82 Å². The predicted octanol–water partition coefficient (Wildman–Crippen LogP) is 3.65. The second-order valence-corrected chi connectivity index (χ2v) is 6.78. The number of esters is 1. The van der Waals surface area contributed by atoms with E-state index < -0.39 is 30.0 Å². The van der Waals surface area contributed by atoms with Crippen molar-refractivity contribution in [2.45, 2.75) is 0 Å². The first kappa shape index (κ1) is 20.2. The van der Waals surface area contributed by atoms with Crippen LogP contribution in [0.4, 0.5) is 4.39 Å². The number of carbonyl (C=O) groups is 4. The Balaban J connectivity index is 1.61. The third kappa shape index (κ3) is 3.50. The third-order valence-electron chi connectivity index (χ3n) is 4.97. The SMILES string of the molecule is COc1ccc(F)cc1C(=O)COC(=O)c1cccc2c1C(=O)c1ccccc1C2=O. The zero-order valence-corrected chi connectivity index (χ0v) is 16.3. The number of hydrogen-bond acceptors (Lipinski definition) is 6. The van der Waals surface area contributed by atoms with E-state index in [1.165, 1.54) is 37.4 Å². The minimum Gasteiger partial charge on any atom is -0.496 e. The molecule has 154 valence electrons.